The van der Waals surface area contributed by atoms with Crippen molar-refractivity contribution in [1.82, 2.24) is 0 Å². The second-order valence-electron chi connectivity index (χ2n) is 4.25. The van der Waals surface area contributed by atoms with Gasteiger partial charge in [-0.2, -0.15) is 0 Å². The van der Waals surface area contributed by atoms with Crippen molar-refractivity contribution in [1.29, 1.82) is 0 Å². The topological polar surface area (TPSA) is 61.5 Å². The maximum absolute atomic E-state index is 11.2. The van der Waals surface area contributed by atoms with E-state index in [0.717, 1.165) is 5.56 Å². The number of halogens is 2. The summed E-state index contributed by atoms with van der Waals surface area (Å²) in [5, 5.41) is 1.06. The van der Waals surface area contributed by atoms with Crippen LogP contribution in [0.5, 0.6) is 11.5 Å². The number of primary amides is 1. The molecule has 4 nitrogen and oxygen atoms in total. The third kappa shape index (κ3) is 3.80. The van der Waals surface area contributed by atoms with Gasteiger partial charge in [0.15, 0.2) is 11.5 Å². The van der Waals surface area contributed by atoms with Crippen LogP contribution >= 0.6 is 23.2 Å². The Morgan fingerprint density at radius 3 is 2.52 bits per heavy atom. The highest BCUT2D eigenvalue weighted by atomic mass is 35.5. The number of nitrogens with two attached hydrogens (primary N) is 1. The molecule has 0 aliphatic heterocycles. The first-order chi connectivity index (χ1) is 10.0. The summed E-state index contributed by atoms with van der Waals surface area (Å²) in [6, 6.07) is 9.87. The van der Waals surface area contributed by atoms with E-state index >= 15 is 0 Å². The minimum atomic E-state index is -0.535. The Kier molecular flexibility index (Phi) is 4.94. The van der Waals surface area contributed by atoms with Gasteiger partial charge >= 0.3 is 0 Å². The molecule has 0 radical (unpaired) electrons. The lowest BCUT2D eigenvalue weighted by atomic mass is 10.2. The lowest BCUT2D eigenvalue weighted by Gasteiger charge is -2.12. The van der Waals surface area contributed by atoms with Gasteiger partial charge in [-0.05, 0) is 30.3 Å². The van der Waals surface area contributed by atoms with Crippen molar-refractivity contribution in [2.75, 3.05) is 7.11 Å². The number of benzene rings is 2. The summed E-state index contributed by atoms with van der Waals surface area (Å²) in [5.41, 5.74) is 6.36. The van der Waals surface area contributed by atoms with Crippen molar-refractivity contribution >= 4 is 29.1 Å². The van der Waals surface area contributed by atoms with Crippen molar-refractivity contribution in [3.63, 3.8) is 0 Å². The number of carbonyl (C=O) groups is 1. The predicted molar refractivity (Wildman–Crippen MR) is 82.3 cm³/mol. The van der Waals surface area contributed by atoms with Crippen molar-refractivity contribution in [2.45, 2.75) is 6.61 Å². The first kappa shape index (κ1) is 15.5. The number of hydrogen-bond acceptors (Lipinski definition) is 3. The predicted octanol–water partition coefficient (Wildman–Crippen LogP) is 3.68. The number of amides is 1. The molecule has 110 valence electrons. The van der Waals surface area contributed by atoms with E-state index in [9.17, 15) is 4.79 Å². The van der Waals surface area contributed by atoms with Gasteiger partial charge in [0, 0.05) is 21.2 Å². The first-order valence-electron chi connectivity index (χ1n) is 6.06. The lowest BCUT2D eigenvalue weighted by molar-refractivity contribution is 0.0999. The van der Waals surface area contributed by atoms with Gasteiger partial charge in [0.05, 0.1) is 7.11 Å². The molecule has 2 N–H and O–H groups in total. The van der Waals surface area contributed by atoms with E-state index in [1.807, 2.05) is 0 Å². The van der Waals surface area contributed by atoms with Crippen LogP contribution in [0.4, 0.5) is 0 Å². The van der Waals surface area contributed by atoms with Crippen LogP contribution in [0.3, 0.4) is 0 Å². The van der Waals surface area contributed by atoms with E-state index in [4.69, 9.17) is 38.4 Å². The SMILES string of the molecule is COc1ccc(C(N)=O)cc1OCc1ccc(Cl)cc1Cl. The van der Waals surface area contributed by atoms with Crippen LogP contribution in [-0.4, -0.2) is 13.0 Å². The monoisotopic (exact) mass is 325 g/mol. The molecule has 0 aliphatic carbocycles. The standard InChI is InChI=1S/C15H13Cl2NO3/c1-20-13-5-3-9(15(18)19)6-14(13)21-8-10-2-4-11(16)7-12(10)17/h2-7H,8H2,1H3,(H2,18,19). The van der Waals surface area contributed by atoms with Gasteiger partial charge < -0.3 is 15.2 Å². The maximum atomic E-state index is 11.2. The summed E-state index contributed by atoms with van der Waals surface area (Å²) in [6.45, 7) is 0.217. The summed E-state index contributed by atoms with van der Waals surface area (Å²) < 4.78 is 10.9. The molecular formula is C15H13Cl2NO3. The smallest absolute Gasteiger partial charge is 0.248 e. The van der Waals surface area contributed by atoms with Gasteiger partial charge in [-0.3, -0.25) is 4.79 Å². The molecule has 0 aliphatic rings. The van der Waals surface area contributed by atoms with E-state index in [0.29, 0.717) is 27.1 Å². The van der Waals surface area contributed by atoms with E-state index in [2.05, 4.69) is 0 Å². The Labute approximate surface area is 132 Å². The van der Waals surface area contributed by atoms with Crippen LogP contribution in [0, 0.1) is 0 Å². The molecule has 0 fully saturated rings. The Morgan fingerprint density at radius 1 is 1.14 bits per heavy atom. The number of ether oxygens (including phenoxy) is 2. The van der Waals surface area contributed by atoms with Crippen LogP contribution in [-0.2, 0) is 6.61 Å². The molecule has 2 aromatic rings. The van der Waals surface area contributed by atoms with Gasteiger partial charge in [0.2, 0.25) is 5.91 Å². The number of rotatable bonds is 5. The van der Waals surface area contributed by atoms with Gasteiger partial charge in [-0.1, -0.05) is 29.3 Å². The minimum Gasteiger partial charge on any atom is -0.493 e. The molecule has 0 saturated heterocycles. The number of hydrogen-bond donors (Lipinski definition) is 1. The van der Waals surface area contributed by atoms with Crippen molar-refractivity contribution in [3.05, 3.63) is 57.6 Å². The van der Waals surface area contributed by atoms with E-state index in [-0.39, 0.29) is 6.61 Å². The highest BCUT2D eigenvalue weighted by molar-refractivity contribution is 6.35. The molecule has 0 bridgehead atoms. The fraction of sp³-hybridized carbons (Fsp3) is 0.133. The van der Waals surface area contributed by atoms with Crippen LogP contribution in [0.25, 0.3) is 0 Å². The first-order valence-corrected chi connectivity index (χ1v) is 6.81. The molecule has 6 heteroatoms. The highest BCUT2D eigenvalue weighted by Gasteiger charge is 2.10. The summed E-state index contributed by atoms with van der Waals surface area (Å²) in [4.78, 5) is 11.2. The Balaban J connectivity index is 2.22. The average molecular weight is 326 g/mol. The molecule has 0 saturated carbocycles. The number of carbonyl (C=O) groups excluding carboxylic acids is 1. The van der Waals surface area contributed by atoms with Gasteiger partial charge in [0.1, 0.15) is 6.61 Å². The minimum absolute atomic E-state index is 0.217. The molecule has 0 heterocycles. The molecular weight excluding hydrogens is 313 g/mol. The molecule has 1 amide bonds. The summed E-state index contributed by atoms with van der Waals surface area (Å²) in [7, 11) is 1.52. The summed E-state index contributed by atoms with van der Waals surface area (Å²) in [6.07, 6.45) is 0. The van der Waals surface area contributed by atoms with Crippen molar-refractivity contribution in [2.24, 2.45) is 5.73 Å². The van der Waals surface area contributed by atoms with Crippen LogP contribution in [0.15, 0.2) is 36.4 Å². The van der Waals surface area contributed by atoms with Crippen LogP contribution in [0.1, 0.15) is 15.9 Å². The molecule has 0 unspecified atom stereocenters. The quantitative estimate of drug-likeness (QED) is 0.912. The Morgan fingerprint density at radius 2 is 1.90 bits per heavy atom. The molecule has 0 spiro atoms. The number of methoxy groups -OCH3 is 1. The largest absolute Gasteiger partial charge is 0.493 e. The fourth-order valence-corrected chi connectivity index (χ4v) is 2.20. The van der Waals surface area contributed by atoms with Gasteiger partial charge in [-0.15, -0.1) is 0 Å². The second-order valence-corrected chi connectivity index (χ2v) is 5.10. The molecule has 2 rings (SSSR count). The lowest BCUT2D eigenvalue weighted by Crippen LogP contribution is -2.11. The molecule has 0 atom stereocenters. The maximum Gasteiger partial charge on any atom is 0.248 e. The van der Waals surface area contributed by atoms with E-state index < -0.39 is 5.91 Å². The zero-order chi connectivity index (χ0) is 15.4. The highest BCUT2D eigenvalue weighted by Crippen LogP contribution is 2.30. The van der Waals surface area contributed by atoms with Crippen LogP contribution in [0.2, 0.25) is 10.0 Å². The van der Waals surface area contributed by atoms with E-state index in [1.54, 1.807) is 30.3 Å². The van der Waals surface area contributed by atoms with Crippen molar-refractivity contribution < 1.29 is 14.3 Å². The summed E-state index contributed by atoms with van der Waals surface area (Å²) >= 11 is 11.9. The van der Waals surface area contributed by atoms with Crippen molar-refractivity contribution in [3.8, 4) is 11.5 Å². The van der Waals surface area contributed by atoms with Gasteiger partial charge in [-0.25, -0.2) is 0 Å². The third-order valence-corrected chi connectivity index (χ3v) is 3.43. The molecule has 0 aromatic heterocycles. The molecule has 21 heavy (non-hydrogen) atoms. The Bertz CT molecular complexity index is 674. The summed E-state index contributed by atoms with van der Waals surface area (Å²) in [5.74, 6) is 0.386. The second kappa shape index (κ2) is 6.70. The van der Waals surface area contributed by atoms with Gasteiger partial charge in [0.25, 0.3) is 0 Å². The average Bonchev–Trinajstić information content (AvgIpc) is 2.46. The fourth-order valence-electron chi connectivity index (χ4n) is 1.74. The normalized spacial score (nSPS) is 10.2. The zero-order valence-corrected chi connectivity index (χ0v) is 12.7. The third-order valence-electron chi connectivity index (χ3n) is 2.85. The van der Waals surface area contributed by atoms with Crippen LogP contribution < -0.4 is 15.2 Å². The zero-order valence-electron chi connectivity index (χ0n) is 11.2. The van der Waals surface area contributed by atoms with E-state index in [1.165, 1.54) is 13.2 Å². The Hall–Kier alpha value is -1.91. The molecule has 2 aromatic carbocycles.